The molecule has 5 heteroatoms. The molecule has 0 amide bonds. The molecule has 21 heavy (non-hydrogen) atoms. The van der Waals surface area contributed by atoms with Crippen molar-refractivity contribution >= 4 is 16.7 Å². The van der Waals surface area contributed by atoms with Crippen LogP contribution in [0.25, 0.3) is 10.8 Å². The fraction of sp³-hybridized carbons (Fsp3) is 0.250. The zero-order chi connectivity index (χ0) is 15.4. The summed E-state index contributed by atoms with van der Waals surface area (Å²) >= 11 is 0. The number of rotatable bonds is 5. The van der Waals surface area contributed by atoms with Crippen LogP contribution in [0.1, 0.15) is 5.56 Å². The monoisotopic (exact) mass is 285 g/mol. The molecule has 0 saturated carbocycles. The fourth-order valence-electron chi connectivity index (χ4n) is 2.26. The Morgan fingerprint density at radius 2 is 2.00 bits per heavy atom. The van der Waals surface area contributed by atoms with E-state index in [0.29, 0.717) is 17.1 Å². The smallest absolute Gasteiger partial charge is 0.321 e. The van der Waals surface area contributed by atoms with Gasteiger partial charge < -0.3 is 14.6 Å². The van der Waals surface area contributed by atoms with Gasteiger partial charge in [-0.05, 0) is 29.1 Å². The number of ether oxygens (including phenoxy) is 2. The van der Waals surface area contributed by atoms with Crippen molar-refractivity contribution in [2.45, 2.75) is 6.42 Å². The van der Waals surface area contributed by atoms with E-state index in [4.69, 9.17) is 19.8 Å². The molecule has 0 aliphatic carbocycles. The van der Waals surface area contributed by atoms with Gasteiger partial charge in [0, 0.05) is 11.8 Å². The van der Waals surface area contributed by atoms with E-state index in [2.05, 4.69) is 0 Å². The molecule has 0 fully saturated rings. The molecule has 2 aromatic carbocycles. The maximum Gasteiger partial charge on any atom is 0.321 e. The highest BCUT2D eigenvalue weighted by molar-refractivity contribution is 5.90. The molecule has 0 saturated heterocycles. The molecule has 0 spiro atoms. The summed E-state index contributed by atoms with van der Waals surface area (Å²) in [5.74, 6) is -0.965. The van der Waals surface area contributed by atoms with E-state index in [-0.39, 0.29) is 6.42 Å². The SMILES string of the molecule is COc1cc2c(OC)cccc2cc1CC(C#N)C(=O)O. The third-order valence-electron chi connectivity index (χ3n) is 3.34. The maximum atomic E-state index is 11.0. The van der Waals surface area contributed by atoms with Gasteiger partial charge >= 0.3 is 5.97 Å². The molecule has 5 nitrogen and oxygen atoms in total. The Morgan fingerprint density at radius 1 is 1.29 bits per heavy atom. The first-order chi connectivity index (χ1) is 10.1. The Kier molecular flexibility index (Phi) is 4.29. The zero-order valence-electron chi connectivity index (χ0n) is 11.8. The van der Waals surface area contributed by atoms with Crippen LogP contribution in [-0.2, 0) is 11.2 Å². The summed E-state index contributed by atoms with van der Waals surface area (Å²) in [7, 11) is 3.10. The number of hydrogen-bond acceptors (Lipinski definition) is 4. The van der Waals surface area contributed by atoms with Crippen LogP contribution in [0.2, 0.25) is 0 Å². The van der Waals surface area contributed by atoms with Crippen molar-refractivity contribution in [2.75, 3.05) is 14.2 Å². The molecule has 108 valence electrons. The van der Waals surface area contributed by atoms with Crippen molar-refractivity contribution in [3.8, 4) is 17.6 Å². The molecule has 0 aliphatic rings. The third kappa shape index (κ3) is 2.90. The first kappa shape index (κ1) is 14.7. The van der Waals surface area contributed by atoms with E-state index < -0.39 is 11.9 Å². The summed E-state index contributed by atoms with van der Waals surface area (Å²) in [5, 5.41) is 19.7. The van der Waals surface area contributed by atoms with Gasteiger partial charge in [-0.15, -0.1) is 0 Å². The number of nitrogens with zero attached hydrogens (tertiary/aromatic N) is 1. The van der Waals surface area contributed by atoms with Crippen molar-refractivity contribution < 1.29 is 19.4 Å². The van der Waals surface area contributed by atoms with Gasteiger partial charge in [0.05, 0.1) is 20.3 Å². The van der Waals surface area contributed by atoms with Gasteiger partial charge in [-0.2, -0.15) is 5.26 Å². The number of hydrogen-bond donors (Lipinski definition) is 1. The molecule has 1 N–H and O–H groups in total. The van der Waals surface area contributed by atoms with Crippen LogP contribution in [0.5, 0.6) is 11.5 Å². The molecule has 0 aromatic heterocycles. The Labute approximate surface area is 122 Å². The molecule has 1 atom stereocenters. The van der Waals surface area contributed by atoms with Crippen LogP contribution < -0.4 is 9.47 Å². The molecule has 1 unspecified atom stereocenters. The normalized spacial score (nSPS) is 11.7. The summed E-state index contributed by atoms with van der Waals surface area (Å²) in [4.78, 5) is 11.0. The van der Waals surface area contributed by atoms with Crippen LogP contribution in [-0.4, -0.2) is 25.3 Å². The summed E-state index contributed by atoms with van der Waals surface area (Å²) in [6.45, 7) is 0. The molecule has 0 aliphatic heterocycles. The van der Waals surface area contributed by atoms with Gasteiger partial charge in [-0.1, -0.05) is 12.1 Å². The van der Waals surface area contributed by atoms with Gasteiger partial charge in [-0.3, -0.25) is 4.79 Å². The van der Waals surface area contributed by atoms with Crippen molar-refractivity contribution in [1.29, 1.82) is 5.26 Å². The number of carbonyl (C=O) groups is 1. The maximum absolute atomic E-state index is 11.0. The van der Waals surface area contributed by atoms with Gasteiger partial charge in [0.2, 0.25) is 0 Å². The molecule has 0 radical (unpaired) electrons. The average Bonchev–Trinajstić information content (AvgIpc) is 2.50. The van der Waals surface area contributed by atoms with E-state index >= 15 is 0 Å². The second kappa shape index (κ2) is 6.14. The Morgan fingerprint density at radius 3 is 2.57 bits per heavy atom. The summed E-state index contributed by atoms with van der Waals surface area (Å²) in [5.41, 5.74) is 0.687. The van der Waals surface area contributed by atoms with Gasteiger partial charge in [-0.25, -0.2) is 0 Å². The highest BCUT2D eigenvalue weighted by Crippen LogP contribution is 2.33. The number of benzene rings is 2. The van der Waals surface area contributed by atoms with E-state index in [9.17, 15) is 4.79 Å². The fourth-order valence-corrected chi connectivity index (χ4v) is 2.26. The van der Waals surface area contributed by atoms with Crippen LogP contribution in [0.15, 0.2) is 30.3 Å². The highest BCUT2D eigenvalue weighted by atomic mass is 16.5. The van der Waals surface area contributed by atoms with Crippen molar-refractivity contribution in [2.24, 2.45) is 5.92 Å². The largest absolute Gasteiger partial charge is 0.496 e. The van der Waals surface area contributed by atoms with Crippen molar-refractivity contribution in [3.05, 3.63) is 35.9 Å². The molecule has 2 rings (SSSR count). The lowest BCUT2D eigenvalue weighted by molar-refractivity contribution is -0.139. The standard InChI is InChI=1S/C16H15NO4/c1-20-14-5-3-4-10-6-11(7-12(9-17)16(18)19)15(21-2)8-13(10)14/h3-6,8,12H,7H2,1-2H3,(H,18,19). The molecule has 0 bridgehead atoms. The third-order valence-corrected chi connectivity index (χ3v) is 3.34. The minimum absolute atomic E-state index is 0.0994. The first-order valence-electron chi connectivity index (χ1n) is 6.36. The number of nitriles is 1. The van der Waals surface area contributed by atoms with E-state index in [1.165, 1.54) is 7.11 Å². The van der Waals surface area contributed by atoms with Gasteiger partial charge in [0.1, 0.15) is 17.4 Å². The van der Waals surface area contributed by atoms with E-state index in [0.717, 1.165) is 10.8 Å². The van der Waals surface area contributed by atoms with Gasteiger partial charge in [0.15, 0.2) is 0 Å². The Bertz CT molecular complexity index is 718. The van der Waals surface area contributed by atoms with Crippen LogP contribution in [0.3, 0.4) is 0 Å². The lowest BCUT2D eigenvalue weighted by Crippen LogP contribution is -2.14. The van der Waals surface area contributed by atoms with Crippen LogP contribution in [0, 0.1) is 17.2 Å². The molecular formula is C16H15NO4. The second-order valence-corrected chi connectivity index (χ2v) is 4.57. The summed E-state index contributed by atoms with van der Waals surface area (Å²) in [6.07, 6.45) is 0.0994. The molecule has 0 heterocycles. The minimum atomic E-state index is -1.13. The molecular weight excluding hydrogens is 270 g/mol. The Hall–Kier alpha value is -2.74. The van der Waals surface area contributed by atoms with Crippen LogP contribution >= 0.6 is 0 Å². The van der Waals surface area contributed by atoms with Crippen LogP contribution in [0.4, 0.5) is 0 Å². The second-order valence-electron chi connectivity index (χ2n) is 4.57. The zero-order valence-corrected chi connectivity index (χ0v) is 11.8. The predicted octanol–water partition coefficient (Wildman–Crippen LogP) is 2.62. The summed E-state index contributed by atoms with van der Waals surface area (Å²) < 4.78 is 10.6. The first-order valence-corrected chi connectivity index (χ1v) is 6.36. The predicted molar refractivity (Wildman–Crippen MR) is 77.5 cm³/mol. The Balaban J connectivity index is 2.54. The number of fused-ring (bicyclic) bond motifs is 1. The van der Waals surface area contributed by atoms with Crippen molar-refractivity contribution in [3.63, 3.8) is 0 Å². The lowest BCUT2D eigenvalue weighted by atomic mass is 9.97. The van der Waals surface area contributed by atoms with Crippen molar-refractivity contribution in [1.82, 2.24) is 0 Å². The molecule has 2 aromatic rings. The minimum Gasteiger partial charge on any atom is -0.496 e. The quantitative estimate of drug-likeness (QED) is 0.913. The summed E-state index contributed by atoms with van der Waals surface area (Å²) in [6, 6.07) is 11.0. The van der Waals surface area contributed by atoms with E-state index in [1.807, 2.05) is 24.3 Å². The van der Waals surface area contributed by atoms with E-state index in [1.54, 1.807) is 19.2 Å². The number of methoxy groups -OCH3 is 2. The van der Waals surface area contributed by atoms with Gasteiger partial charge in [0.25, 0.3) is 0 Å². The average molecular weight is 285 g/mol. The highest BCUT2D eigenvalue weighted by Gasteiger charge is 2.20. The lowest BCUT2D eigenvalue weighted by Gasteiger charge is -2.13. The topological polar surface area (TPSA) is 79.5 Å². The number of carboxylic acids is 1. The number of carboxylic acid groups (broad SMARTS) is 1. The number of aliphatic carboxylic acids is 1.